The van der Waals surface area contributed by atoms with Crippen molar-refractivity contribution >= 4 is 23.3 Å². The number of rotatable bonds is 3. The fourth-order valence-electron chi connectivity index (χ4n) is 1.64. The van der Waals surface area contributed by atoms with E-state index in [1.165, 1.54) is 18.2 Å². The summed E-state index contributed by atoms with van der Waals surface area (Å²) in [6.07, 6.45) is 0. The largest absolute Gasteiger partial charge is 0.457 e. The third kappa shape index (κ3) is 2.88. The van der Waals surface area contributed by atoms with E-state index in [4.69, 9.17) is 22.1 Å². The lowest BCUT2D eigenvalue weighted by atomic mass is 10.2. The highest BCUT2D eigenvalue weighted by Crippen LogP contribution is 2.23. The van der Waals surface area contributed by atoms with Gasteiger partial charge in [-0.2, -0.15) is 0 Å². The third-order valence-electron chi connectivity index (χ3n) is 2.66. The van der Waals surface area contributed by atoms with E-state index in [9.17, 15) is 13.6 Å². The third-order valence-corrected chi connectivity index (χ3v) is 2.97. The van der Waals surface area contributed by atoms with Crippen molar-refractivity contribution in [2.24, 2.45) is 0 Å². The fourth-order valence-corrected chi connectivity index (χ4v) is 1.90. The minimum Gasteiger partial charge on any atom is -0.457 e. The van der Waals surface area contributed by atoms with Crippen LogP contribution in [0.5, 0.6) is 0 Å². The first-order chi connectivity index (χ1) is 9.50. The summed E-state index contributed by atoms with van der Waals surface area (Å²) >= 11 is 5.84. The Kier molecular flexibility index (Phi) is 4.20. The van der Waals surface area contributed by atoms with Crippen molar-refractivity contribution in [3.05, 3.63) is 64.2 Å². The van der Waals surface area contributed by atoms with Crippen molar-refractivity contribution in [2.75, 3.05) is 5.73 Å². The molecular formula is C14H10ClF2NO2. The van der Waals surface area contributed by atoms with E-state index in [1.807, 2.05) is 0 Å². The zero-order valence-electron chi connectivity index (χ0n) is 10.2. The molecule has 0 aliphatic rings. The molecule has 2 aromatic carbocycles. The second-order valence-electron chi connectivity index (χ2n) is 3.98. The van der Waals surface area contributed by atoms with Crippen molar-refractivity contribution in [1.82, 2.24) is 0 Å². The van der Waals surface area contributed by atoms with Crippen LogP contribution < -0.4 is 5.73 Å². The summed E-state index contributed by atoms with van der Waals surface area (Å²) in [4.78, 5) is 11.9. The quantitative estimate of drug-likeness (QED) is 0.696. The Labute approximate surface area is 118 Å². The van der Waals surface area contributed by atoms with E-state index < -0.39 is 24.2 Å². The van der Waals surface area contributed by atoms with Gasteiger partial charge in [0.05, 0.1) is 10.6 Å². The zero-order chi connectivity index (χ0) is 14.7. The van der Waals surface area contributed by atoms with Crippen LogP contribution in [0.2, 0.25) is 5.02 Å². The summed E-state index contributed by atoms with van der Waals surface area (Å²) in [5.41, 5.74) is 5.40. The van der Waals surface area contributed by atoms with Crippen LogP contribution in [0.4, 0.5) is 14.5 Å². The molecule has 0 fully saturated rings. The summed E-state index contributed by atoms with van der Waals surface area (Å²) in [5, 5.41) is 0.115. The minimum atomic E-state index is -0.837. The highest BCUT2D eigenvalue weighted by atomic mass is 35.5. The molecule has 20 heavy (non-hydrogen) atoms. The van der Waals surface area contributed by atoms with Gasteiger partial charge in [-0.3, -0.25) is 0 Å². The molecule has 3 nitrogen and oxygen atoms in total. The van der Waals surface area contributed by atoms with Crippen molar-refractivity contribution in [1.29, 1.82) is 0 Å². The lowest BCUT2D eigenvalue weighted by Crippen LogP contribution is -2.10. The number of esters is 1. The van der Waals surface area contributed by atoms with Crippen LogP contribution in [0, 0.1) is 11.6 Å². The van der Waals surface area contributed by atoms with Gasteiger partial charge in [0.2, 0.25) is 0 Å². The molecule has 0 saturated carbocycles. The SMILES string of the molecule is Nc1cccc(Cl)c1C(=O)OCc1c(F)cccc1F. The Bertz CT molecular complexity index is 621. The molecule has 2 rings (SSSR count). The number of carbonyl (C=O) groups excluding carboxylic acids is 1. The highest BCUT2D eigenvalue weighted by molar-refractivity contribution is 6.34. The molecule has 6 heteroatoms. The standard InChI is InChI=1S/C14H10ClF2NO2/c15-9-3-1-6-12(18)13(9)14(19)20-7-8-10(16)4-2-5-11(8)17/h1-6H,7,18H2. The molecule has 0 amide bonds. The number of hydrogen-bond acceptors (Lipinski definition) is 3. The van der Waals surface area contributed by atoms with Gasteiger partial charge in [0.1, 0.15) is 23.8 Å². The van der Waals surface area contributed by atoms with Gasteiger partial charge in [-0.15, -0.1) is 0 Å². The van der Waals surface area contributed by atoms with Crippen molar-refractivity contribution in [3.63, 3.8) is 0 Å². The molecule has 0 radical (unpaired) electrons. The summed E-state index contributed by atoms with van der Waals surface area (Å²) in [7, 11) is 0. The van der Waals surface area contributed by atoms with Crippen LogP contribution in [0.1, 0.15) is 15.9 Å². The summed E-state index contributed by atoms with van der Waals surface area (Å²) in [6, 6.07) is 7.91. The van der Waals surface area contributed by atoms with E-state index in [1.54, 1.807) is 6.07 Å². The first-order valence-corrected chi connectivity index (χ1v) is 6.02. The number of hydrogen-bond donors (Lipinski definition) is 1. The van der Waals surface area contributed by atoms with Gasteiger partial charge in [0.15, 0.2) is 0 Å². The van der Waals surface area contributed by atoms with Gasteiger partial charge in [-0.1, -0.05) is 23.7 Å². The molecule has 0 aliphatic heterocycles. The Morgan fingerprint density at radius 1 is 1.15 bits per heavy atom. The number of nitrogen functional groups attached to an aromatic ring is 1. The normalized spacial score (nSPS) is 10.3. The molecule has 104 valence electrons. The topological polar surface area (TPSA) is 52.3 Å². The Morgan fingerprint density at radius 3 is 2.35 bits per heavy atom. The first-order valence-electron chi connectivity index (χ1n) is 5.64. The Morgan fingerprint density at radius 2 is 1.75 bits per heavy atom. The van der Waals surface area contributed by atoms with Gasteiger partial charge in [-0.25, -0.2) is 13.6 Å². The lowest BCUT2D eigenvalue weighted by Gasteiger charge is -2.09. The van der Waals surface area contributed by atoms with Gasteiger partial charge >= 0.3 is 5.97 Å². The molecule has 0 saturated heterocycles. The second kappa shape index (κ2) is 5.88. The summed E-state index contributed by atoms with van der Waals surface area (Å²) < 4.78 is 31.6. The zero-order valence-corrected chi connectivity index (χ0v) is 11.0. The molecule has 0 spiro atoms. The maximum Gasteiger partial charge on any atom is 0.342 e. The molecule has 0 aromatic heterocycles. The van der Waals surface area contributed by atoms with E-state index in [2.05, 4.69) is 0 Å². The van der Waals surface area contributed by atoms with E-state index in [-0.39, 0.29) is 21.8 Å². The van der Waals surface area contributed by atoms with Crippen LogP contribution >= 0.6 is 11.6 Å². The summed E-state index contributed by atoms with van der Waals surface area (Å²) in [6.45, 7) is -0.540. The molecule has 2 aromatic rings. The Balaban J connectivity index is 2.17. The van der Waals surface area contributed by atoms with E-state index >= 15 is 0 Å². The van der Waals surface area contributed by atoms with Gasteiger partial charge in [0.25, 0.3) is 0 Å². The molecular weight excluding hydrogens is 288 g/mol. The Hall–Kier alpha value is -2.14. The maximum absolute atomic E-state index is 13.4. The van der Waals surface area contributed by atoms with E-state index in [0.29, 0.717) is 0 Å². The van der Waals surface area contributed by atoms with Crippen LogP contribution in [0.3, 0.4) is 0 Å². The van der Waals surface area contributed by atoms with Crippen molar-refractivity contribution < 1.29 is 18.3 Å². The average Bonchev–Trinajstić information content (AvgIpc) is 2.38. The van der Waals surface area contributed by atoms with Gasteiger partial charge in [0, 0.05) is 5.69 Å². The van der Waals surface area contributed by atoms with E-state index in [0.717, 1.165) is 12.1 Å². The number of carbonyl (C=O) groups is 1. The lowest BCUT2D eigenvalue weighted by molar-refractivity contribution is 0.0466. The molecule has 0 heterocycles. The number of nitrogens with two attached hydrogens (primary N) is 1. The van der Waals surface area contributed by atoms with Gasteiger partial charge < -0.3 is 10.5 Å². The maximum atomic E-state index is 13.4. The number of benzene rings is 2. The number of ether oxygens (including phenoxy) is 1. The van der Waals surface area contributed by atoms with Crippen LogP contribution in [-0.4, -0.2) is 5.97 Å². The molecule has 2 N–H and O–H groups in total. The molecule has 0 bridgehead atoms. The van der Waals surface area contributed by atoms with Crippen molar-refractivity contribution in [2.45, 2.75) is 6.61 Å². The predicted molar refractivity (Wildman–Crippen MR) is 71.3 cm³/mol. The monoisotopic (exact) mass is 297 g/mol. The van der Waals surface area contributed by atoms with Crippen LogP contribution in [0.25, 0.3) is 0 Å². The van der Waals surface area contributed by atoms with Crippen LogP contribution in [0.15, 0.2) is 36.4 Å². The number of anilines is 1. The minimum absolute atomic E-state index is 0.0223. The molecule has 0 unspecified atom stereocenters. The highest BCUT2D eigenvalue weighted by Gasteiger charge is 2.17. The fraction of sp³-hybridized carbons (Fsp3) is 0.0714. The molecule has 0 aliphatic carbocycles. The average molecular weight is 298 g/mol. The molecule has 0 atom stereocenters. The number of halogens is 3. The van der Waals surface area contributed by atoms with Gasteiger partial charge in [-0.05, 0) is 24.3 Å². The smallest absolute Gasteiger partial charge is 0.342 e. The second-order valence-corrected chi connectivity index (χ2v) is 4.39. The summed E-state index contributed by atoms with van der Waals surface area (Å²) in [5.74, 6) is -2.41. The first kappa shape index (κ1) is 14.3. The van der Waals surface area contributed by atoms with Crippen molar-refractivity contribution in [3.8, 4) is 0 Å². The predicted octanol–water partition coefficient (Wildman–Crippen LogP) is 3.56. The van der Waals surface area contributed by atoms with Crippen LogP contribution in [-0.2, 0) is 11.3 Å².